The SMILES string of the molecule is CCC1C(=O)N(CC)c2cc(C(C)=O)ccc2S1(=O)=O. The first-order valence-electron chi connectivity index (χ1n) is 6.54. The number of anilines is 1. The molecule has 0 saturated carbocycles. The number of hydrogen-bond acceptors (Lipinski definition) is 4. The van der Waals surface area contributed by atoms with Crippen LogP contribution in [0.4, 0.5) is 5.69 Å². The maximum Gasteiger partial charge on any atom is 0.245 e. The molecule has 0 radical (unpaired) electrons. The van der Waals surface area contributed by atoms with Crippen LogP contribution < -0.4 is 4.90 Å². The smallest absolute Gasteiger partial charge is 0.245 e. The highest BCUT2D eigenvalue weighted by Gasteiger charge is 2.42. The highest BCUT2D eigenvalue weighted by molar-refractivity contribution is 7.93. The summed E-state index contributed by atoms with van der Waals surface area (Å²) in [5.41, 5.74) is 0.718. The average Bonchev–Trinajstić information content (AvgIpc) is 2.38. The molecular formula is C14H17NO4S. The maximum absolute atomic E-state index is 12.5. The molecule has 1 unspecified atom stereocenters. The third-order valence-electron chi connectivity index (χ3n) is 3.57. The van der Waals surface area contributed by atoms with Gasteiger partial charge in [-0.15, -0.1) is 0 Å². The van der Waals surface area contributed by atoms with E-state index in [1.165, 1.54) is 30.0 Å². The van der Waals surface area contributed by atoms with E-state index in [-0.39, 0.29) is 17.1 Å². The van der Waals surface area contributed by atoms with E-state index >= 15 is 0 Å². The second-order valence-corrected chi connectivity index (χ2v) is 6.86. The first-order chi connectivity index (χ1) is 9.34. The van der Waals surface area contributed by atoms with E-state index in [0.717, 1.165) is 0 Å². The molecule has 0 saturated heterocycles. The van der Waals surface area contributed by atoms with Crippen molar-refractivity contribution >= 4 is 27.2 Å². The summed E-state index contributed by atoms with van der Waals surface area (Å²) in [5.74, 6) is -0.575. The first kappa shape index (κ1) is 14.7. The number of rotatable bonds is 3. The monoisotopic (exact) mass is 295 g/mol. The Kier molecular flexibility index (Phi) is 3.69. The van der Waals surface area contributed by atoms with E-state index in [4.69, 9.17) is 0 Å². The summed E-state index contributed by atoms with van der Waals surface area (Å²) in [6.45, 7) is 5.25. The Balaban J connectivity index is 2.74. The van der Waals surface area contributed by atoms with Gasteiger partial charge in [0.25, 0.3) is 0 Å². The third-order valence-corrected chi connectivity index (χ3v) is 5.81. The third kappa shape index (κ3) is 2.04. The number of hydrogen-bond donors (Lipinski definition) is 0. The maximum atomic E-state index is 12.5. The van der Waals surface area contributed by atoms with Crippen molar-refractivity contribution in [2.24, 2.45) is 0 Å². The number of amides is 1. The molecule has 2 rings (SSSR count). The van der Waals surface area contributed by atoms with Gasteiger partial charge in [0, 0.05) is 12.1 Å². The Morgan fingerprint density at radius 2 is 1.95 bits per heavy atom. The molecule has 1 aromatic rings. The van der Waals surface area contributed by atoms with Gasteiger partial charge in [-0.05, 0) is 38.5 Å². The Labute approximate surface area is 118 Å². The summed E-state index contributed by atoms with van der Waals surface area (Å²) >= 11 is 0. The van der Waals surface area contributed by atoms with Crippen LogP contribution in [0.15, 0.2) is 23.1 Å². The molecule has 1 aliphatic heterocycles. The lowest BCUT2D eigenvalue weighted by atomic mass is 10.1. The zero-order valence-corrected chi connectivity index (χ0v) is 12.5. The minimum absolute atomic E-state index is 0.135. The summed E-state index contributed by atoms with van der Waals surface area (Å²) in [7, 11) is -3.67. The highest BCUT2D eigenvalue weighted by atomic mass is 32.2. The van der Waals surface area contributed by atoms with Gasteiger partial charge in [-0.3, -0.25) is 9.59 Å². The van der Waals surface area contributed by atoms with Crippen LogP contribution in [0, 0.1) is 0 Å². The molecular weight excluding hydrogens is 278 g/mol. The number of carbonyl (C=O) groups is 2. The molecule has 1 aliphatic rings. The quantitative estimate of drug-likeness (QED) is 0.797. The van der Waals surface area contributed by atoms with E-state index in [1.807, 2.05) is 0 Å². The normalized spacial score (nSPS) is 20.6. The lowest BCUT2D eigenvalue weighted by Gasteiger charge is -2.33. The van der Waals surface area contributed by atoms with Gasteiger partial charge in [-0.2, -0.15) is 0 Å². The van der Waals surface area contributed by atoms with Gasteiger partial charge in [0.2, 0.25) is 5.91 Å². The Bertz CT molecular complexity index is 678. The summed E-state index contributed by atoms with van der Waals surface area (Å²) < 4.78 is 24.9. The molecule has 1 aromatic carbocycles. The largest absolute Gasteiger partial charge is 0.310 e. The molecule has 0 N–H and O–H groups in total. The fourth-order valence-corrected chi connectivity index (χ4v) is 4.34. The van der Waals surface area contributed by atoms with Crippen LogP contribution in [-0.2, 0) is 14.6 Å². The van der Waals surface area contributed by atoms with Crippen molar-refractivity contribution in [1.82, 2.24) is 0 Å². The number of nitrogens with zero attached hydrogens (tertiary/aromatic N) is 1. The fourth-order valence-electron chi connectivity index (χ4n) is 2.49. The van der Waals surface area contributed by atoms with E-state index in [9.17, 15) is 18.0 Å². The minimum Gasteiger partial charge on any atom is -0.310 e. The van der Waals surface area contributed by atoms with Crippen LogP contribution in [0.2, 0.25) is 0 Å². The van der Waals surface area contributed by atoms with Crippen molar-refractivity contribution in [2.75, 3.05) is 11.4 Å². The van der Waals surface area contributed by atoms with Gasteiger partial charge >= 0.3 is 0 Å². The molecule has 1 amide bonds. The van der Waals surface area contributed by atoms with Crippen LogP contribution in [0.5, 0.6) is 0 Å². The second-order valence-electron chi connectivity index (χ2n) is 4.76. The fraction of sp³-hybridized carbons (Fsp3) is 0.429. The standard InChI is InChI=1S/C14H17NO4S/c1-4-12-14(17)15(5-2)11-8-10(9(3)16)6-7-13(11)20(12,18)19/h6-8,12H,4-5H2,1-3H3. The number of sulfone groups is 1. The van der Waals surface area contributed by atoms with Crippen molar-refractivity contribution in [3.05, 3.63) is 23.8 Å². The van der Waals surface area contributed by atoms with Gasteiger partial charge in [0.05, 0.1) is 10.6 Å². The van der Waals surface area contributed by atoms with Gasteiger partial charge in [0.15, 0.2) is 15.6 Å². The zero-order valence-electron chi connectivity index (χ0n) is 11.7. The molecule has 0 aliphatic carbocycles. The van der Waals surface area contributed by atoms with Crippen LogP contribution in [0.25, 0.3) is 0 Å². The predicted molar refractivity (Wildman–Crippen MR) is 75.7 cm³/mol. The van der Waals surface area contributed by atoms with E-state index < -0.39 is 21.0 Å². The summed E-state index contributed by atoms with van der Waals surface area (Å²) in [4.78, 5) is 25.3. The molecule has 1 heterocycles. The number of benzene rings is 1. The minimum atomic E-state index is -3.67. The molecule has 108 valence electrons. The number of Topliss-reactive ketones (excluding diaryl/α,β-unsaturated/α-hetero) is 1. The van der Waals surface area contributed by atoms with Crippen molar-refractivity contribution in [3.63, 3.8) is 0 Å². The summed E-state index contributed by atoms with van der Waals surface area (Å²) in [6, 6.07) is 4.41. The van der Waals surface area contributed by atoms with Crippen LogP contribution in [0.3, 0.4) is 0 Å². The number of fused-ring (bicyclic) bond motifs is 1. The van der Waals surface area contributed by atoms with Gasteiger partial charge < -0.3 is 4.90 Å². The van der Waals surface area contributed by atoms with Gasteiger partial charge in [-0.1, -0.05) is 6.92 Å². The van der Waals surface area contributed by atoms with E-state index in [1.54, 1.807) is 13.8 Å². The molecule has 20 heavy (non-hydrogen) atoms. The molecule has 1 atom stereocenters. The van der Waals surface area contributed by atoms with Gasteiger partial charge in [-0.25, -0.2) is 8.42 Å². The van der Waals surface area contributed by atoms with Crippen molar-refractivity contribution < 1.29 is 18.0 Å². The van der Waals surface area contributed by atoms with Gasteiger partial charge in [0.1, 0.15) is 5.25 Å². The molecule has 0 fully saturated rings. The number of carbonyl (C=O) groups excluding carboxylic acids is 2. The van der Waals surface area contributed by atoms with Crippen molar-refractivity contribution in [1.29, 1.82) is 0 Å². The number of ketones is 1. The van der Waals surface area contributed by atoms with Crippen LogP contribution >= 0.6 is 0 Å². The molecule has 6 heteroatoms. The Morgan fingerprint density at radius 1 is 1.30 bits per heavy atom. The average molecular weight is 295 g/mol. The summed E-state index contributed by atoms with van der Waals surface area (Å²) in [6.07, 6.45) is 0.242. The van der Waals surface area contributed by atoms with E-state index in [0.29, 0.717) is 17.8 Å². The molecule has 0 spiro atoms. The molecule has 5 nitrogen and oxygen atoms in total. The lowest BCUT2D eigenvalue weighted by Crippen LogP contribution is -2.47. The van der Waals surface area contributed by atoms with Crippen molar-refractivity contribution in [2.45, 2.75) is 37.3 Å². The topological polar surface area (TPSA) is 71.5 Å². The molecule has 0 bridgehead atoms. The zero-order chi connectivity index (χ0) is 15.1. The Hall–Kier alpha value is -1.69. The first-order valence-corrected chi connectivity index (χ1v) is 8.09. The Morgan fingerprint density at radius 3 is 2.45 bits per heavy atom. The lowest BCUT2D eigenvalue weighted by molar-refractivity contribution is -0.118. The highest BCUT2D eigenvalue weighted by Crippen LogP contribution is 2.36. The van der Waals surface area contributed by atoms with E-state index in [2.05, 4.69) is 0 Å². The van der Waals surface area contributed by atoms with Crippen LogP contribution in [-0.4, -0.2) is 31.9 Å². The molecule has 0 aromatic heterocycles. The summed E-state index contributed by atoms with van der Waals surface area (Å²) in [5, 5.41) is -1.03. The second kappa shape index (κ2) is 5.01. The predicted octanol–water partition coefficient (Wildman–Crippen LogP) is 1.81. The van der Waals surface area contributed by atoms with Crippen molar-refractivity contribution in [3.8, 4) is 0 Å². The van der Waals surface area contributed by atoms with Crippen LogP contribution in [0.1, 0.15) is 37.6 Å².